The number of hydrogen-bond donors (Lipinski definition) is 0. The molecule has 96 valence electrons. The fourth-order valence-electron chi connectivity index (χ4n) is 2.34. The summed E-state index contributed by atoms with van der Waals surface area (Å²) in [6.45, 7) is 5.20. The highest BCUT2D eigenvalue weighted by atomic mass is 32.2. The van der Waals surface area contributed by atoms with Crippen LogP contribution in [0.25, 0.3) is 0 Å². The van der Waals surface area contributed by atoms with E-state index in [2.05, 4.69) is 18.9 Å². The molecular weight excluding hydrogens is 238 g/mol. The van der Waals surface area contributed by atoms with Crippen molar-refractivity contribution in [2.75, 3.05) is 12.8 Å². The van der Waals surface area contributed by atoms with Crippen molar-refractivity contribution in [1.82, 2.24) is 14.1 Å². The third kappa shape index (κ3) is 2.24. The lowest BCUT2D eigenvalue weighted by atomic mass is 10.0. The molecular formula is C11H19N3O2S. The summed E-state index contributed by atoms with van der Waals surface area (Å²) in [5, 5.41) is 4.50. The number of fused-ring (bicyclic) bond motifs is 1. The van der Waals surface area contributed by atoms with Gasteiger partial charge in [-0.15, -0.1) is 0 Å². The van der Waals surface area contributed by atoms with Crippen LogP contribution < -0.4 is 0 Å². The number of aryl methyl sites for hydroxylation is 1. The van der Waals surface area contributed by atoms with Crippen LogP contribution in [-0.4, -0.2) is 35.3 Å². The van der Waals surface area contributed by atoms with Crippen molar-refractivity contribution >= 4 is 10.0 Å². The molecule has 0 bridgehead atoms. The molecule has 0 radical (unpaired) electrons. The van der Waals surface area contributed by atoms with Gasteiger partial charge in [-0.25, -0.2) is 8.42 Å². The summed E-state index contributed by atoms with van der Waals surface area (Å²) in [5.74, 6) is 0.324. The monoisotopic (exact) mass is 257 g/mol. The maximum atomic E-state index is 11.6. The van der Waals surface area contributed by atoms with Crippen LogP contribution in [0.3, 0.4) is 0 Å². The van der Waals surface area contributed by atoms with Crippen molar-refractivity contribution in [3.8, 4) is 0 Å². The van der Waals surface area contributed by atoms with Crippen molar-refractivity contribution < 1.29 is 8.42 Å². The largest absolute Gasteiger partial charge is 0.272 e. The maximum absolute atomic E-state index is 11.6. The van der Waals surface area contributed by atoms with Gasteiger partial charge in [0.15, 0.2) is 0 Å². The first-order valence-corrected chi connectivity index (χ1v) is 7.65. The summed E-state index contributed by atoms with van der Waals surface area (Å²) < 4.78 is 26.6. The van der Waals surface area contributed by atoms with E-state index in [1.54, 1.807) is 0 Å². The van der Waals surface area contributed by atoms with Crippen LogP contribution in [0.5, 0.6) is 0 Å². The van der Waals surface area contributed by atoms with E-state index < -0.39 is 10.0 Å². The molecule has 1 aliphatic heterocycles. The molecule has 1 aliphatic rings. The highest BCUT2D eigenvalue weighted by Gasteiger charge is 2.28. The molecule has 0 saturated carbocycles. The molecule has 0 amide bonds. The van der Waals surface area contributed by atoms with Gasteiger partial charge in [-0.3, -0.25) is 4.68 Å². The van der Waals surface area contributed by atoms with Crippen LogP contribution in [0.1, 0.15) is 36.7 Å². The molecule has 1 aromatic heterocycles. The molecule has 0 unspecified atom stereocenters. The molecule has 2 heterocycles. The summed E-state index contributed by atoms with van der Waals surface area (Å²) in [5.41, 5.74) is 3.30. The van der Waals surface area contributed by atoms with Gasteiger partial charge < -0.3 is 0 Å². The second-order valence-corrected chi connectivity index (χ2v) is 6.92. The van der Waals surface area contributed by atoms with Crippen LogP contribution in [0.4, 0.5) is 0 Å². The predicted molar refractivity (Wildman–Crippen MR) is 66.3 cm³/mol. The Bertz CT molecular complexity index is 531. The van der Waals surface area contributed by atoms with Crippen molar-refractivity contribution in [3.05, 3.63) is 17.0 Å². The molecule has 6 heteroatoms. The fourth-order valence-corrected chi connectivity index (χ4v) is 3.13. The van der Waals surface area contributed by atoms with Crippen molar-refractivity contribution in [2.45, 2.75) is 32.7 Å². The van der Waals surface area contributed by atoms with Gasteiger partial charge >= 0.3 is 0 Å². The maximum Gasteiger partial charge on any atom is 0.211 e. The third-order valence-corrected chi connectivity index (χ3v) is 4.50. The molecule has 0 spiro atoms. The first-order chi connectivity index (χ1) is 7.80. The lowest BCUT2D eigenvalue weighted by molar-refractivity contribution is 0.388. The Morgan fingerprint density at radius 3 is 2.53 bits per heavy atom. The smallest absolute Gasteiger partial charge is 0.211 e. The van der Waals surface area contributed by atoms with E-state index >= 15 is 0 Å². The highest BCUT2D eigenvalue weighted by molar-refractivity contribution is 7.88. The molecule has 17 heavy (non-hydrogen) atoms. The van der Waals surface area contributed by atoms with Gasteiger partial charge in [0.25, 0.3) is 0 Å². The normalized spacial score (nSPS) is 17.5. The van der Waals surface area contributed by atoms with Gasteiger partial charge in [-0.05, 0) is 5.92 Å². The Morgan fingerprint density at radius 2 is 2.00 bits per heavy atom. The standard InChI is InChI=1S/C11H19N3O2S/c1-8(2)11-9-7-14(17(4,15)16)6-5-10(9)13(3)12-11/h8H,5-7H2,1-4H3. The van der Waals surface area contributed by atoms with Gasteiger partial charge in [0.1, 0.15) is 0 Å². The average Bonchev–Trinajstić information content (AvgIpc) is 2.54. The minimum Gasteiger partial charge on any atom is -0.272 e. The molecule has 5 nitrogen and oxygen atoms in total. The molecule has 0 atom stereocenters. The second-order valence-electron chi connectivity index (χ2n) is 4.94. The van der Waals surface area contributed by atoms with E-state index in [1.807, 2.05) is 11.7 Å². The Morgan fingerprint density at radius 1 is 1.35 bits per heavy atom. The number of aromatic nitrogens is 2. The SMILES string of the molecule is CC(C)c1nn(C)c2c1CN(S(C)(=O)=O)CC2. The highest BCUT2D eigenvalue weighted by Crippen LogP contribution is 2.27. The molecule has 0 aliphatic carbocycles. The first-order valence-electron chi connectivity index (χ1n) is 5.80. The lowest BCUT2D eigenvalue weighted by Crippen LogP contribution is -2.35. The minimum atomic E-state index is -3.11. The predicted octanol–water partition coefficient (Wildman–Crippen LogP) is 0.861. The van der Waals surface area contributed by atoms with Gasteiger partial charge in [0.05, 0.1) is 11.9 Å². The van der Waals surface area contributed by atoms with E-state index in [0.29, 0.717) is 19.0 Å². The Hall–Kier alpha value is -0.880. The van der Waals surface area contributed by atoms with Crippen LogP contribution in [0.2, 0.25) is 0 Å². The average molecular weight is 257 g/mol. The first kappa shape index (κ1) is 12.6. The lowest BCUT2D eigenvalue weighted by Gasteiger charge is -2.25. The molecule has 1 aromatic rings. The summed E-state index contributed by atoms with van der Waals surface area (Å²) in [6.07, 6.45) is 2.02. The van der Waals surface area contributed by atoms with Crippen molar-refractivity contribution in [3.63, 3.8) is 0 Å². The summed E-state index contributed by atoms with van der Waals surface area (Å²) in [4.78, 5) is 0. The van der Waals surface area contributed by atoms with Crippen LogP contribution in [-0.2, 0) is 30.0 Å². The molecule has 0 fully saturated rings. The number of hydrogen-bond acceptors (Lipinski definition) is 3. The van der Waals surface area contributed by atoms with Crippen molar-refractivity contribution in [2.24, 2.45) is 7.05 Å². The van der Waals surface area contributed by atoms with Gasteiger partial charge in [0.2, 0.25) is 10.0 Å². The van der Waals surface area contributed by atoms with E-state index in [9.17, 15) is 8.42 Å². The quantitative estimate of drug-likeness (QED) is 0.789. The van der Waals surface area contributed by atoms with Crippen molar-refractivity contribution in [1.29, 1.82) is 0 Å². The minimum absolute atomic E-state index is 0.324. The zero-order chi connectivity index (χ0) is 12.8. The summed E-state index contributed by atoms with van der Waals surface area (Å²) in [6, 6.07) is 0. The summed E-state index contributed by atoms with van der Waals surface area (Å²) in [7, 11) is -1.17. The number of sulfonamides is 1. The number of nitrogens with zero attached hydrogens (tertiary/aromatic N) is 3. The van der Waals surface area contributed by atoms with Gasteiger partial charge in [0, 0.05) is 37.8 Å². The van der Waals surface area contributed by atoms with Crippen LogP contribution >= 0.6 is 0 Å². The summed E-state index contributed by atoms with van der Waals surface area (Å²) >= 11 is 0. The topological polar surface area (TPSA) is 55.2 Å². The molecule has 2 rings (SSSR count). The number of rotatable bonds is 2. The zero-order valence-corrected chi connectivity index (χ0v) is 11.6. The van der Waals surface area contributed by atoms with E-state index in [-0.39, 0.29) is 0 Å². The van der Waals surface area contributed by atoms with Gasteiger partial charge in [-0.1, -0.05) is 13.8 Å². The fraction of sp³-hybridized carbons (Fsp3) is 0.727. The molecule has 0 N–H and O–H groups in total. The van der Waals surface area contributed by atoms with Crippen LogP contribution in [0, 0.1) is 0 Å². The Balaban J connectivity index is 2.43. The molecule has 0 saturated heterocycles. The Labute approximate surface area is 102 Å². The van der Waals surface area contributed by atoms with E-state index in [1.165, 1.54) is 16.3 Å². The van der Waals surface area contributed by atoms with Crippen LogP contribution in [0.15, 0.2) is 0 Å². The third-order valence-electron chi connectivity index (χ3n) is 3.25. The molecule has 0 aromatic carbocycles. The van der Waals surface area contributed by atoms with E-state index in [4.69, 9.17) is 0 Å². The zero-order valence-electron chi connectivity index (χ0n) is 10.8. The van der Waals surface area contributed by atoms with Gasteiger partial charge in [-0.2, -0.15) is 9.40 Å². The van der Waals surface area contributed by atoms with E-state index in [0.717, 1.165) is 17.7 Å². The second kappa shape index (κ2) is 4.10. The Kier molecular flexibility index (Phi) is 3.03.